The average Bonchev–Trinajstić information content (AvgIpc) is 1.96. The molecule has 0 aromatic carbocycles. The largest absolute Gasteiger partial charge is 0.396 e. The van der Waals surface area contributed by atoms with Gasteiger partial charge in [0, 0.05) is 18.4 Å². The lowest BCUT2D eigenvalue weighted by atomic mass is 9.84. The molecule has 0 aromatic heterocycles. The molecule has 10 heavy (non-hydrogen) atoms. The van der Waals surface area contributed by atoms with E-state index in [0.717, 1.165) is 6.42 Å². The van der Waals surface area contributed by atoms with Crippen LogP contribution in [-0.4, -0.2) is 24.2 Å². The van der Waals surface area contributed by atoms with Crippen molar-refractivity contribution in [3.63, 3.8) is 0 Å². The summed E-state index contributed by atoms with van der Waals surface area (Å²) in [5.74, 6) is 0.103. The second-order valence-corrected chi connectivity index (χ2v) is 3.25. The van der Waals surface area contributed by atoms with Crippen molar-refractivity contribution in [2.24, 2.45) is 5.41 Å². The quantitative estimate of drug-likeness (QED) is 0.538. The van der Waals surface area contributed by atoms with E-state index in [2.05, 4.69) is 5.32 Å². The summed E-state index contributed by atoms with van der Waals surface area (Å²) in [6.45, 7) is 2.75. The molecule has 0 bridgehead atoms. The Morgan fingerprint density at radius 1 is 1.80 bits per heavy atom. The summed E-state index contributed by atoms with van der Waals surface area (Å²) in [4.78, 5) is 10.7. The van der Waals surface area contributed by atoms with Gasteiger partial charge < -0.3 is 10.4 Å². The molecule has 0 aliphatic carbocycles. The fourth-order valence-electron chi connectivity index (χ4n) is 1.04. The van der Waals surface area contributed by atoms with Crippen LogP contribution >= 0.6 is 0 Å². The fourth-order valence-corrected chi connectivity index (χ4v) is 1.04. The Bertz CT molecular complexity index is 135. The molecule has 1 atom stereocenters. The summed E-state index contributed by atoms with van der Waals surface area (Å²) in [6.07, 6.45) is 1.35. The molecule has 1 amide bonds. The second-order valence-electron chi connectivity index (χ2n) is 3.25. The van der Waals surface area contributed by atoms with Gasteiger partial charge in [-0.1, -0.05) is 6.92 Å². The van der Waals surface area contributed by atoms with Gasteiger partial charge in [0.15, 0.2) is 0 Å². The van der Waals surface area contributed by atoms with Crippen LogP contribution < -0.4 is 5.32 Å². The van der Waals surface area contributed by atoms with Crippen molar-refractivity contribution in [3.8, 4) is 0 Å². The van der Waals surface area contributed by atoms with Crippen LogP contribution in [0.1, 0.15) is 19.8 Å². The number of aliphatic hydroxyl groups is 1. The number of carbonyl (C=O) groups excluding carboxylic acids is 1. The number of carbonyl (C=O) groups is 1. The molecule has 0 unspecified atom stereocenters. The maximum atomic E-state index is 10.7. The lowest BCUT2D eigenvalue weighted by Gasteiger charge is -2.31. The molecule has 0 spiro atoms. The molecule has 0 saturated carbocycles. The van der Waals surface area contributed by atoms with Crippen molar-refractivity contribution in [3.05, 3.63) is 0 Å². The van der Waals surface area contributed by atoms with Crippen LogP contribution in [0, 0.1) is 5.41 Å². The smallest absolute Gasteiger partial charge is 0.220 e. The molecule has 1 rings (SSSR count). The molecule has 0 radical (unpaired) electrons. The van der Waals surface area contributed by atoms with E-state index in [1.54, 1.807) is 0 Å². The first-order valence-corrected chi connectivity index (χ1v) is 3.54. The van der Waals surface area contributed by atoms with Gasteiger partial charge in [-0.05, 0) is 6.42 Å². The predicted octanol–water partition coefficient (Wildman–Crippen LogP) is -0.105. The highest BCUT2D eigenvalue weighted by Gasteiger charge is 2.28. The van der Waals surface area contributed by atoms with Gasteiger partial charge in [-0.25, -0.2) is 0 Å². The van der Waals surface area contributed by atoms with Gasteiger partial charge in [0.2, 0.25) is 5.91 Å². The molecule has 1 aliphatic heterocycles. The highest BCUT2D eigenvalue weighted by Crippen LogP contribution is 2.24. The van der Waals surface area contributed by atoms with Gasteiger partial charge >= 0.3 is 0 Å². The lowest BCUT2D eigenvalue weighted by molar-refractivity contribution is -0.124. The highest BCUT2D eigenvalue weighted by molar-refractivity contribution is 5.76. The van der Waals surface area contributed by atoms with Crippen LogP contribution in [-0.2, 0) is 4.79 Å². The molecule has 58 valence electrons. The van der Waals surface area contributed by atoms with Crippen molar-refractivity contribution >= 4 is 5.91 Å². The van der Waals surface area contributed by atoms with Gasteiger partial charge in [-0.3, -0.25) is 4.79 Å². The fraction of sp³-hybridized carbons (Fsp3) is 0.857. The van der Waals surface area contributed by atoms with E-state index < -0.39 is 0 Å². The number of piperidine rings is 1. The maximum absolute atomic E-state index is 10.7. The summed E-state index contributed by atoms with van der Waals surface area (Å²) in [7, 11) is 0. The van der Waals surface area contributed by atoms with Crippen molar-refractivity contribution in [2.45, 2.75) is 19.8 Å². The Balaban J connectivity index is 2.46. The van der Waals surface area contributed by atoms with Crippen molar-refractivity contribution in [2.75, 3.05) is 13.2 Å². The van der Waals surface area contributed by atoms with Gasteiger partial charge in [0.05, 0.1) is 6.61 Å². The Hall–Kier alpha value is -0.570. The minimum absolute atomic E-state index is 0.0755. The van der Waals surface area contributed by atoms with E-state index in [1.807, 2.05) is 6.92 Å². The maximum Gasteiger partial charge on any atom is 0.220 e. The van der Waals surface area contributed by atoms with E-state index in [-0.39, 0.29) is 17.9 Å². The van der Waals surface area contributed by atoms with E-state index in [1.165, 1.54) is 0 Å². The number of amides is 1. The molecule has 3 nitrogen and oxygen atoms in total. The van der Waals surface area contributed by atoms with Crippen LogP contribution in [0.5, 0.6) is 0 Å². The number of hydrogen-bond acceptors (Lipinski definition) is 2. The molecule has 1 heterocycles. The Labute approximate surface area is 60.4 Å². The van der Waals surface area contributed by atoms with E-state index in [4.69, 9.17) is 5.11 Å². The molecular formula is C7H13NO2. The zero-order valence-electron chi connectivity index (χ0n) is 6.18. The van der Waals surface area contributed by atoms with Crippen molar-refractivity contribution in [1.29, 1.82) is 0 Å². The number of nitrogens with one attached hydrogen (secondary N) is 1. The second kappa shape index (κ2) is 2.58. The number of aliphatic hydroxyl groups excluding tert-OH is 1. The van der Waals surface area contributed by atoms with Crippen LogP contribution in [0.4, 0.5) is 0 Å². The van der Waals surface area contributed by atoms with E-state index in [9.17, 15) is 4.79 Å². The third-order valence-corrected chi connectivity index (χ3v) is 2.05. The summed E-state index contributed by atoms with van der Waals surface area (Å²) in [5.41, 5.74) is -0.0755. The third kappa shape index (κ3) is 1.48. The van der Waals surface area contributed by atoms with Crippen LogP contribution in [0.3, 0.4) is 0 Å². The standard InChI is InChI=1S/C7H13NO2/c1-7(5-9)3-2-6(10)8-4-7/h9H,2-5H2,1H3,(H,8,10)/t7-/m0/s1. The topological polar surface area (TPSA) is 49.3 Å². The summed E-state index contributed by atoms with van der Waals surface area (Å²) in [6, 6.07) is 0. The van der Waals surface area contributed by atoms with E-state index in [0.29, 0.717) is 13.0 Å². The first kappa shape index (κ1) is 7.54. The van der Waals surface area contributed by atoms with Crippen molar-refractivity contribution < 1.29 is 9.90 Å². The van der Waals surface area contributed by atoms with Crippen LogP contribution in [0.2, 0.25) is 0 Å². The molecule has 2 N–H and O–H groups in total. The predicted molar refractivity (Wildman–Crippen MR) is 37.4 cm³/mol. The van der Waals surface area contributed by atoms with Gasteiger partial charge in [0.25, 0.3) is 0 Å². The first-order chi connectivity index (χ1) is 4.66. The minimum Gasteiger partial charge on any atom is -0.396 e. The number of hydrogen-bond donors (Lipinski definition) is 2. The monoisotopic (exact) mass is 143 g/mol. The minimum atomic E-state index is -0.0755. The van der Waals surface area contributed by atoms with E-state index >= 15 is 0 Å². The SMILES string of the molecule is C[C@]1(CO)CCC(=O)NC1. The Morgan fingerprint density at radius 2 is 2.50 bits per heavy atom. The lowest BCUT2D eigenvalue weighted by Crippen LogP contribution is -2.43. The third-order valence-electron chi connectivity index (χ3n) is 2.05. The molecule has 1 aliphatic rings. The van der Waals surface area contributed by atoms with Gasteiger partial charge in [-0.15, -0.1) is 0 Å². The number of rotatable bonds is 1. The Morgan fingerprint density at radius 3 is 2.90 bits per heavy atom. The normalized spacial score (nSPS) is 33.6. The summed E-state index contributed by atoms with van der Waals surface area (Å²) < 4.78 is 0. The van der Waals surface area contributed by atoms with Crippen LogP contribution in [0.15, 0.2) is 0 Å². The molecular weight excluding hydrogens is 130 g/mol. The van der Waals surface area contributed by atoms with Crippen LogP contribution in [0.25, 0.3) is 0 Å². The first-order valence-electron chi connectivity index (χ1n) is 3.54. The highest BCUT2D eigenvalue weighted by atomic mass is 16.3. The Kier molecular flexibility index (Phi) is 1.94. The zero-order chi connectivity index (χ0) is 7.61. The molecule has 3 heteroatoms. The summed E-state index contributed by atoms with van der Waals surface area (Å²) >= 11 is 0. The van der Waals surface area contributed by atoms with Gasteiger partial charge in [-0.2, -0.15) is 0 Å². The molecule has 1 fully saturated rings. The van der Waals surface area contributed by atoms with Crippen molar-refractivity contribution in [1.82, 2.24) is 5.32 Å². The zero-order valence-corrected chi connectivity index (χ0v) is 6.18. The average molecular weight is 143 g/mol. The molecule has 0 aromatic rings. The molecule has 1 saturated heterocycles. The summed E-state index contributed by atoms with van der Waals surface area (Å²) in [5, 5.41) is 11.6. The van der Waals surface area contributed by atoms with Gasteiger partial charge in [0.1, 0.15) is 0 Å².